The normalized spacial score (nSPS) is 19.9. The zero-order chi connectivity index (χ0) is 12.8. The van der Waals surface area contributed by atoms with Crippen molar-refractivity contribution in [3.63, 3.8) is 0 Å². The quantitative estimate of drug-likeness (QED) is 0.665. The highest BCUT2D eigenvalue weighted by atomic mass is 15.2. The number of nitrogens with zero attached hydrogens (tertiary/aromatic N) is 1. The second kappa shape index (κ2) is 7.38. The Morgan fingerprint density at radius 1 is 1.18 bits per heavy atom. The summed E-state index contributed by atoms with van der Waals surface area (Å²) in [5.74, 6) is 0.825. The Balaban J connectivity index is 2.30. The first kappa shape index (κ1) is 15.0. The molecule has 2 atom stereocenters. The molecule has 0 heterocycles. The van der Waals surface area contributed by atoms with Crippen molar-refractivity contribution in [1.29, 1.82) is 0 Å². The van der Waals surface area contributed by atoms with Crippen LogP contribution >= 0.6 is 0 Å². The molecule has 1 rings (SSSR count). The van der Waals surface area contributed by atoms with Crippen molar-refractivity contribution in [2.24, 2.45) is 5.92 Å². The third kappa shape index (κ3) is 5.87. The first-order valence-corrected chi connectivity index (χ1v) is 7.53. The average molecular weight is 240 g/mol. The van der Waals surface area contributed by atoms with E-state index in [1.807, 2.05) is 0 Å². The fourth-order valence-corrected chi connectivity index (χ4v) is 2.21. The van der Waals surface area contributed by atoms with Crippen LogP contribution in [0, 0.1) is 5.92 Å². The maximum atomic E-state index is 3.64. The number of hydrogen-bond acceptors (Lipinski definition) is 2. The number of hydrogen-bond donors (Lipinski definition) is 1. The Kier molecular flexibility index (Phi) is 6.50. The van der Waals surface area contributed by atoms with Crippen molar-refractivity contribution in [3.05, 3.63) is 0 Å². The maximum Gasteiger partial charge on any atom is 0.0195 e. The molecule has 17 heavy (non-hydrogen) atoms. The second-order valence-corrected chi connectivity index (χ2v) is 6.22. The molecule has 0 amide bonds. The van der Waals surface area contributed by atoms with Crippen LogP contribution in [0.5, 0.6) is 0 Å². The van der Waals surface area contributed by atoms with E-state index in [1.165, 1.54) is 32.2 Å². The van der Waals surface area contributed by atoms with Gasteiger partial charge in [-0.1, -0.05) is 20.8 Å². The fourth-order valence-electron chi connectivity index (χ4n) is 2.21. The summed E-state index contributed by atoms with van der Waals surface area (Å²) in [6, 6.07) is 2.24. The summed E-state index contributed by atoms with van der Waals surface area (Å²) in [5.41, 5.74) is 0. The van der Waals surface area contributed by atoms with E-state index in [9.17, 15) is 0 Å². The predicted octanol–water partition coefficient (Wildman–Crippen LogP) is 3.27. The van der Waals surface area contributed by atoms with Crippen molar-refractivity contribution < 1.29 is 0 Å². The lowest BCUT2D eigenvalue weighted by atomic mass is 10.1. The Hall–Kier alpha value is -0.0800. The number of rotatable bonds is 9. The van der Waals surface area contributed by atoms with E-state index in [0.29, 0.717) is 12.1 Å². The van der Waals surface area contributed by atoms with E-state index >= 15 is 0 Å². The molecule has 1 aliphatic rings. The van der Waals surface area contributed by atoms with E-state index < -0.39 is 0 Å². The highest BCUT2D eigenvalue weighted by Crippen LogP contribution is 2.29. The molecule has 2 unspecified atom stereocenters. The van der Waals surface area contributed by atoms with Gasteiger partial charge in [0.05, 0.1) is 0 Å². The minimum atomic E-state index is 0.656. The Bertz CT molecular complexity index is 199. The molecule has 1 saturated carbocycles. The van der Waals surface area contributed by atoms with E-state index in [2.05, 4.69) is 44.8 Å². The van der Waals surface area contributed by atoms with Crippen LogP contribution in [0.3, 0.4) is 0 Å². The summed E-state index contributed by atoms with van der Waals surface area (Å²) in [6.45, 7) is 14.0. The molecule has 2 heteroatoms. The van der Waals surface area contributed by atoms with Gasteiger partial charge < -0.3 is 5.32 Å². The molecule has 0 aromatic rings. The van der Waals surface area contributed by atoms with Crippen LogP contribution in [-0.4, -0.2) is 36.1 Å². The van der Waals surface area contributed by atoms with Gasteiger partial charge in [-0.2, -0.15) is 0 Å². The lowest BCUT2D eigenvalue weighted by Crippen LogP contribution is -2.44. The molecule has 2 nitrogen and oxygen atoms in total. The monoisotopic (exact) mass is 240 g/mol. The summed E-state index contributed by atoms with van der Waals surface area (Å²) in [4.78, 5) is 2.73. The van der Waals surface area contributed by atoms with Crippen LogP contribution in [-0.2, 0) is 0 Å². The van der Waals surface area contributed by atoms with Crippen molar-refractivity contribution in [2.45, 2.75) is 78.4 Å². The molecule has 0 spiro atoms. The second-order valence-electron chi connectivity index (χ2n) is 6.22. The zero-order valence-corrected chi connectivity index (χ0v) is 12.5. The molecular weight excluding hydrogens is 208 g/mol. The van der Waals surface area contributed by atoms with Crippen LogP contribution < -0.4 is 5.32 Å². The maximum absolute atomic E-state index is 3.64. The molecule has 1 fully saturated rings. The van der Waals surface area contributed by atoms with Crippen LogP contribution in [0.15, 0.2) is 0 Å². The molecule has 0 aromatic heterocycles. The summed E-state index contributed by atoms with van der Waals surface area (Å²) in [6.07, 6.45) is 5.41. The van der Waals surface area contributed by atoms with Crippen LogP contribution in [0.4, 0.5) is 0 Å². The van der Waals surface area contributed by atoms with Crippen LogP contribution in [0.2, 0.25) is 0 Å². The van der Waals surface area contributed by atoms with Crippen molar-refractivity contribution in [3.8, 4) is 0 Å². The van der Waals surface area contributed by atoms with Gasteiger partial charge in [-0.15, -0.1) is 0 Å². The summed E-state index contributed by atoms with van der Waals surface area (Å²) >= 11 is 0. The third-order valence-corrected chi connectivity index (χ3v) is 3.92. The zero-order valence-electron chi connectivity index (χ0n) is 12.5. The molecule has 102 valence electrons. The highest BCUT2D eigenvalue weighted by Gasteiger charge is 2.31. The summed E-state index contributed by atoms with van der Waals surface area (Å²) in [5, 5.41) is 3.64. The van der Waals surface area contributed by atoms with E-state index in [4.69, 9.17) is 0 Å². The topological polar surface area (TPSA) is 15.3 Å². The van der Waals surface area contributed by atoms with Gasteiger partial charge in [-0.3, -0.25) is 4.90 Å². The fraction of sp³-hybridized carbons (Fsp3) is 1.00. The lowest BCUT2D eigenvalue weighted by Gasteiger charge is -2.31. The minimum Gasteiger partial charge on any atom is -0.313 e. The molecular formula is C15H32N2. The van der Waals surface area contributed by atoms with Gasteiger partial charge >= 0.3 is 0 Å². The average Bonchev–Trinajstić information content (AvgIpc) is 3.09. The molecule has 1 aliphatic carbocycles. The van der Waals surface area contributed by atoms with Crippen molar-refractivity contribution in [2.75, 3.05) is 13.1 Å². The molecule has 0 aromatic carbocycles. The predicted molar refractivity (Wildman–Crippen MR) is 76.4 cm³/mol. The van der Waals surface area contributed by atoms with Gasteiger partial charge in [0, 0.05) is 24.7 Å². The molecule has 0 aliphatic heterocycles. The van der Waals surface area contributed by atoms with E-state index in [0.717, 1.165) is 18.5 Å². The first-order valence-electron chi connectivity index (χ1n) is 7.53. The molecule has 0 radical (unpaired) electrons. The van der Waals surface area contributed by atoms with E-state index in [-0.39, 0.29) is 0 Å². The highest BCUT2D eigenvalue weighted by molar-refractivity contribution is 4.88. The van der Waals surface area contributed by atoms with Crippen molar-refractivity contribution in [1.82, 2.24) is 10.2 Å². The molecule has 0 bridgehead atoms. The van der Waals surface area contributed by atoms with E-state index in [1.54, 1.807) is 0 Å². The van der Waals surface area contributed by atoms with Crippen LogP contribution in [0.1, 0.15) is 60.3 Å². The van der Waals surface area contributed by atoms with Gasteiger partial charge in [-0.25, -0.2) is 0 Å². The smallest absolute Gasteiger partial charge is 0.0195 e. The SMILES string of the molecule is CCC(C)NCC(C)N(CCC(C)C)C1CC1. The van der Waals surface area contributed by atoms with Gasteiger partial charge in [0.2, 0.25) is 0 Å². The largest absolute Gasteiger partial charge is 0.313 e. The Morgan fingerprint density at radius 2 is 1.82 bits per heavy atom. The van der Waals surface area contributed by atoms with Gasteiger partial charge in [-0.05, 0) is 52.0 Å². The van der Waals surface area contributed by atoms with Crippen molar-refractivity contribution >= 4 is 0 Å². The van der Waals surface area contributed by atoms with Gasteiger partial charge in [0.1, 0.15) is 0 Å². The standard InChI is InChI=1S/C15H32N2/c1-6-13(4)16-11-14(5)17(15-7-8-15)10-9-12(2)3/h12-16H,6-11H2,1-5H3. The van der Waals surface area contributed by atoms with Gasteiger partial charge in [0.25, 0.3) is 0 Å². The Labute approximate surface area is 108 Å². The minimum absolute atomic E-state index is 0.656. The first-order chi connectivity index (χ1) is 8.04. The third-order valence-electron chi connectivity index (χ3n) is 3.92. The van der Waals surface area contributed by atoms with Gasteiger partial charge in [0.15, 0.2) is 0 Å². The molecule has 1 N–H and O–H groups in total. The lowest BCUT2D eigenvalue weighted by molar-refractivity contribution is 0.181. The Morgan fingerprint density at radius 3 is 2.29 bits per heavy atom. The van der Waals surface area contributed by atoms with Crippen LogP contribution in [0.25, 0.3) is 0 Å². The summed E-state index contributed by atoms with van der Waals surface area (Å²) in [7, 11) is 0. The molecule has 0 saturated heterocycles. The summed E-state index contributed by atoms with van der Waals surface area (Å²) < 4.78 is 0. The number of nitrogens with one attached hydrogen (secondary N) is 1.